The van der Waals surface area contributed by atoms with E-state index in [2.05, 4.69) is 5.92 Å². The molecule has 0 amide bonds. The molecule has 0 aliphatic rings. The molecule has 86 valence electrons. The number of ether oxygens (including phenoxy) is 1. The molecule has 2 N–H and O–H groups in total. The van der Waals surface area contributed by atoms with Gasteiger partial charge in [-0.25, -0.2) is 0 Å². The van der Waals surface area contributed by atoms with E-state index in [4.69, 9.17) is 16.9 Å². The smallest absolute Gasteiger partial charge is 0.124 e. The fourth-order valence-electron chi connectivity index (χ4n) is 1.50. The number of nitrogens with two attached hydrogens (primary N) is 1. The van der Waals surface area contributed by atoms with Crippen LogP contribution in [0.2, 0.25) is 0 Å². The summed E-state index contributed by atoms with van der Waals surface area (Å²) in [6.07, 6.45) is 6.81. The van der Waals surface area contributed by atoms with Gasteiger partial charge in [-0.1, -0.05) is 12.1 Å². The molecule has 0 heterocycles. The van der Waals surface area contributed by atoms with Crippen LogP contribution in [0, 0.1) is 19.3 Å². The first kappa shape index (κ1) is 12.6. The van der Waals surface area contributed by atoms with Gasteiger partial charge in [0.25, 0.3) is 0 Å². The van der Waals surface area contributed by atoms with Crippen LogP contribution in [0.15, 0.2) is 18.2 Å². The Labute approximate surface area is 97.8 Å². The summed E-state index contributed by atoms with van der Waals surface area (Å²) in [4.78, 5) is 0. The summed E-state index contributed by atoms with van der Waals surface area (Å²) in [5, 5.41) is 0. The number of terminal acetylenes is 1. The average molecular weight is 217 g/mol. The largest absolute Gasteiger partial charge is 0.493 e. The van der Waals surface area contributed by atoms with Gasteiger partial charge in [-0.2, -0.15) is 0 Å². The van der Waals surface area contributed by atoms with Crippen molar-refractivity contribution in [2.45, 2.75) is 32.7 Å². The van der Waals surface area contributed by atoms with Gasteiger partial charge in [0, 0.05) is 18.0 Å². The molecule has 2 nitrogen and oxygen atoms in total. The molecule has 0 aromatic heterocycles. The Morgan fingerprint density at radius 1 is 1.50 bits per heavy atom. The summed E-state index contributed by atoms with van der Waals surface area (Å²) >= 11 is 0. The van der Waals surface area contributed by atoms with Gasteiger partial charge in [-0.05, 0) is 31.9 Å². The van der Waals surface area contributed by atoms with Crippen molar-refractivity contribution in [1.82, 2.24) is 0 Å². The Morgan fingerprint density at radius 2 is 2.25 bits per heavy atom. The highest BCUT2D eigenvalue weighted by Gasteiger charge is 2.07. The first-order valence-electron chi connectivity index (χ1n) is 5.57. The summed E-state index contributed by atoms with van der Waals surface area (Å²) in [5.74, 6) is 3.48. The van der Waals surface area contributed by atoms with Crippen molar-refractivity contribution in [3.05, 3.63) is 29.3 Å². The molecule has 1 aromatic rings. The molecule has 0 unspecified atom stereocenters. The lowest BCUT2D eigenvalue weighted by molar-refractivity contribution is 0.308. The van der Waals surface area contributed by atoms with E-state index in [0.29, 0.717) is 6.61 Å². The van der Waals surface area contributed by atoms with E-state index in [9.17, 15) is 0 Å². The Kier molecular flexibility index (Phi) is 4.88. The van der Waals surface area contributed by atoms with E-state index < -0.39 is 0 Å². The van der Waals surface area contributed by atoms with Crippen LogP contribution < -0.4 is 10.5 Å². The maximum absolute atomic E-state index is 5.88. The Balaban J connectivity index is 2.69. The van der Waals surface area contributed by atoms with Crippen LogP contribution in [-0.4, -0.2) is 6.61 Å². The van der Waals surface area contributed by atoms with Crippen LogP contribution in [0.4, 0.5) is 0 Å². The van der Waals surface area contributed by atoms with Crippen molar-refractivity contribution in [3.63, 3.8) is 0 Å². The van der Waals surface area contributed by atoms with Gasteiger partial charge in [-0.15, -0.1) is 12.3 Å². The normalized spacial score (nSPS) is 11.9. The van der Waals surface area contributed by atoms with Gasteiger partial charge >= 0.3 is 0 Å². The van der Waals surface area contributed by atoms with E-state index in [1.165, 1.54) is 5.56 Å². The lowest BCUT2D eigenvalue weighted by Crippen LogP contribution is -2.08. The standard InChI is InChI=1S/C14H19NO/c1-4-5-6-9-16-14-10-11(2)7-8-13(14)12(3)15/h1,7-8,10,12H,5-6,9,15H2,2-3H3/t12-/m0/s1. The zero-order valence-corrected chi connectivity index (χ0v) is 9.99. The molecular weight excluding hydrogens is 198 g/mol. The van der Waals surface area contributed by atoms with Crippen molar-refractivity contribution < 1.29 is 4.74 Å². The molecule has 16 heavy (non-hydrogen) atoms. The summed E-state index contributed by atoms with van der Waals surface area (Å²) in [6, 6.07) is 6.08. The minimum absolute atomic E-state index is 0.0109. The average Bonchev–Trinajstić information content (AvgIpc) is 2.24. The fourth-order valence-corrected chi connectivity index (χ4v) is 1.50. The monoisotopic (exact) mass is 217 g/mol. The second kappa shape index (κ2) is 6.19. The number of aryl methyl sites for hydroxylation is 1. The molecule has 0 aliphatic heterocycles. The number of benzene rings is 1. The summed E-state index contributed by atoms with van der Waals surface area (Å²) in [7, 11) is 0. The Bertz CT molecular complexity index is 377. The number of hydrogen-bond donors (Lipinski definition) is 1. The van der Waals surface area contributed by atoms with Crippen molar-refractivity contribution in [2.75, 3.05) is 6.61 Å². The highest BCUT2D eigenvalue weighted by molar-refractivity contribution is 5.38. The quantitative estimate of drug-likeness (QED) is 0.608. The molecule has 0 bridgehead atoms. The van der Waals surface area contributed by atoms with Gasteiger partial charge in [0.2, 0.25) is 0 Å². The van der Waals surface area contributed by atoms with Crippen molar-refractivity contribution >= 4 is 0 Å². The molecule has 2 heteroatoms. The Hall–Kier alpha value is -1.46. The highest BCUT2D eigenvalue weighted by atomic mass is 16.5. The molecule has 0 saturated heterocycles. The SMILES string of the molecule is C#CCCCOc1cc(C)ccc1[C@H](C)N. The molecule has 1 aromatic carbocycles. The number of unbranched alkanes of at least 4 members (excludes halogenated alkanes) is 1. The van der Waals surface area contributed by atoms with Gasteiger partial charge in [0.1, 0.15) is 5.75 Å². The fraction of sp³-hybridized carbons (Fsp3) is 0.429. The van der Waals surface area contributed by atoms with E-state index in [-0.39, 0.29) is 6.04 Å². The van der Waals surface area contributed by atoms with Crippen molar-refractivity contribution in [2.24, 2.45) is 5.73 Å². The number of rotatable bonds is 5. The van der Waals surface area contributed by atoms with Crippen LogP contribution in [0.25, 0.3) is 0 Å². The van der Waals surface area contributed by atoms with E-state index in [1.54, 1.807) is 0 Å². The highest BCUT2D eigenvalue weighted by Crippen LogP contribution is 2.25. The molecule has 0 aliphatic carbocycles. The zero-order chi connectivity index (χ0) is 12.0. The van der Waals surface area contributed by atoms with Crippen LogP contribution in [0.3, 0.4) is 0 Å². The Morgan fingerprint density at radius 3 is 2.88 bits per heavy atom. The van der Waals surface area contributed by atoms with Crippen LogP contribution >= 0.6 is 0 Å². The second-order valence-corrected chi connectivity index (χ2v) is 3.99. The molecule has 0 fully saturated rings. The maximum Gasteiger partial charge on any atom is 0.124 e. The minimum Gasteiger partial charge on any atom is -0.493 e. The first-order chi connectivity index (χ1) is 7.65. The van der Waals surface area contributed by atoms with Crippen LogP contribution in [0.1, 0.15) is 36.9 Å². The summed E-state index contributed by atoms with van der Waals surface area (Å²) in [5.41, 5.74) is 8.11. The predicted octanol–water partition coefficient (Wildman–Crippen LogP) is 2.81. The van der Waals surface area contributed by atoms with Gasteiger partial charge in [-0.3, -0.25) is 0 Å². The topological polar surface area (TPSA) is 35.2 Å². The van der Waals surface area contributed by atoms with Crippen LogP contribution in [0.5, 0.6) is 5.75 Å². The van der Waals surface area contributed by atoms with Gasteiger partial charge in [0.05, 0.1) is 6.61 Å². The number of hydrogen-bond acceptors (Lipinski definition) is 2. The van der Waals surface area contributed by atoms with Crippen molar-refractivity contribution in [1.29, 1.82) is 0 Å². The van der Waals surface area contributed by atoms with E-state index in [1.807, 2.05) is 32.0 Å². The first-order valence-corrected chi connectivity index (χ1v) is 5.57. The molecular formula is C14H19NO. The molecule has 1 atom stereocenters. The molecule has 1 rings (SSSR count). The third-order valence-corrected chi connectivity index (χ3v) is 2.38. The van der Waals surface area contributed by atoms with Gasteiger partial charge in [0.15, 0.2) is 0 Å². The lowest BCUT2D eigenvalue weighted by atomic mass is 10.1. The second-order valence-electron chi connectivity index (χ2n) is 3.99. The summed E-state index contributed by atoms with van der Waals surface area (Å²) < 4.78 is 5.71. The zero-order valence-electron chi connectivity index (χ0n) is 9.99. The maximum atomic E-state index is 5.88. The third kappa shape index (κ3) is 3.60. The third-order valence-electron chi connectivity index (χ3n) is 2.38. The minimum atomic E-state index is -0.0109. The van der Waals surface area contributed by atoms with E-state index >= 15 is 0 Å². The predicted molar refractivity (Wildman–Crippen MR) is 67.3 cm³/mol. The molecule has 0 spiro atoms. The van der Waals surface area contributed by atoms with Crippen LogP contribution in [-0.2, 0) is 0 Å². The lowest BCUT2D eigenvalue weighted by Gasteiger charge is -2.14. The van der Waals surface area contributed by atoms with E-state index in [0.717, 1.165) is 24.2 Å². The van der Waals surface area contributed by atoms with Crippen molar-refractivity contribution in [3.8, 4) is 18.1 Å². The summed E-state index contributed by atoms with van der Waals surface area (Å²) in [6.45, 7) is 4.64. The van der Waals surface area contributed by atoms with Gasteiger partial charge < -0.3 is 10.5 Å². The molecule has 0 saturated carbocycles. The molecule has 0 radical (unpaired) electrons.